The van der Waals surface area contributed by atoms with Gasteiger partial charge in [-0.05, 0) is 39.2 Å². The van der Waals surface area contributed by atoms with Crippen LogP contribution in [0, 0.1) is 19.8 Å². The van der Waals surface area contributed by atoms with E-state index >= 15 is 0 Å². The molecule has 6 heteroatoms. The maximum atomic E-state index is 12.0. The second-order valence-electron chi connectivity index (χ2n) is 5.93. The van der Waals surface area contributed by atoms with E-state index in [4.69, 9.17) is 0 Å². The molecule has 1 aromatic heterocycles. The Kier molecular flexibility index (Phi) is 5.76. The first-order valence-corrected chi connectivity index (χ1v) is 7.70. The second-order valence-corrected chi connectivity index (χ2v) is 5.93. The van der Waals surface area contributed by atoms with Gasteiger partial charge in [-0.3, -0.25) is 9.89 Å². The van der Waals surface area contributed by atoms with Crippen LogP contribution in [0.15, 0.2) is 0 Å². The first-order chi connectivity index (χ1) is 10.1. The molecule has 1 aromatic rings. The van der Waals surface area contributed by atoms with Gasteiger partial charge in [0.2, 0.25) is 5.91 Å². The van der Waals surface area contributed by atoms with Gasteiger partial charge in [0.1, 0.15) is 0 Å². The van der Waals surface area contributed by atoms with Crippen molar-refractivity contribution in [2.45, 2.75) is 33.1 Å². The number of hydrogen-bond donors (Lipinski definition) is 3. The summed E-state index contributed by atoms with van der Waals surface area (Å²) in [7, 11) is 0. The zero-order valence-corrected chi connectivity index (χ0v) is 13.0. The van der Waals surface area contributed by atoms with Gasteiger partial charge in [0.05, 0.1) is 12.1 Å². The van der Waals surface area contributed by atoms with Crippen molar-refractivity contribution in [1.29, 1.82) is 0 Å². The Hall–Kier alpha value is -1.40. The van der Waals surface area contributed by atoms with Gasteiger partial charge in [-0.15, -0.1) is 0 Å². The SMILES string of the molecule is Cc1n[nH]c(C)c1CC(=O)NCCN1CCCC(CO)C1. The summed E-state index contributed by atoms with van der Waals surface area (Å²) >= 11 is 0. The quantitative estimate of drug-likeness (QED) is 0.709. The van der Waals surface area contributed by atoms with E-state index in [2.05, 4.69) is 20.4 Å². The highest BCUT2D eigenvalue weighted by Crippen LogP contribution is 2.15. The minimum absolute atomic E-state index is 0.0401. The van der Waals surface area contributed by atoms with Crippen molar-refractivity contribution in [3.63, 3.8) is 0 Å². The van der Waals surface area contributed by atoms with Crippen LogP contribution in [0.5, 0.6) is 0 Å². The summed E-state index contributed by atoms with van der Waals surface area (Å²) in [5.41, 5.74) is 2.85. The molecule has 21 heavy (non-hydrogen) atoms. The Labute approximate surface area is 125 Å². The van der Waals surface area contributed by atoms with Crippen LogP contribution in [-0.4, -0.2) is 58.9 Å². The van der Waals surface area contributed by atoms with Gasteiger partial charge in [-0.25, -0.2) is 0 Å². The fourth-order valence-electron chi connectivity index (χ4n) is 2.91. The molecule has 0 saturated carbocycles. The summed E-state index contributed by atoms with van der Waals surface area (Å²) in [5, 5.41) is 19.2. The number of hydrogen-bond acceptors (Lipinski definition) is 4. The third kappa shape index (κ3) is 4.54. The van der Waals surface area contributed by atoms with Gasteiger partial charge in [-0.1, -0.05) is 0 Å². The maximum Gasteiger partial charge on any atom is 0.224 e. The van der Waals surface area contributed by atoms with Crippen LogP contribution in [-0.2, 0) is 11.2 Å². The fourth-order valence-corrected chi connectivity index (χ4v) is 2.91. The number of rotatable bonds is 6. The molecule has 1 saturated heterocycles. The Bertz CT molecular complexity index is 453. The Morgan fingerprint density at radius 2 is 2.33 bits per heavy atom. The third-order valence-electron chi connectivity index (χ3n) is 4.23. The number of aromatic amines is 1. The van der Waals surface area contributed by atoms with Crippen LogP contribution in [0.2, 0.25) is 0 Å². The largest absolute Gasteiger partial charge is 0.396 e. The minimum atomic E-state index is 0.0401. The molecule has 0 bridgehead atoms. The number of aromatic nitrogens is 2. The summed E-state index contributed by atoms with van der Waals surface area (Å²) < 4.78 is 0. The number of likely N-dealkylation sites (tertiary alicyclic amines) is 1. The molecule has 6 nitrogen and oxygen atoms in total. The lowest BCUT2D eigenvalue weighted by Crippen LogP contribution is -2.41. The smallest absolute Gasteiger partial charge is 0.224 e. The molecular weight excluding hydrogens is 268 g/mol. The predicted molar refractivity (Wildman–Crippen MR) is 81.0 cm³/mol. The zero-order chi connectivity index (χ0) is 15.2. The van der Waals surface area contributed by atoms with E-state index in [1.165, 1.54) is 0 Å². The normalized spacial score (nSPS) is 19.7. The number of amides is 1. The minimum Gasteiger partial charge on any atom is -0.396 e. The highest BCUT2D eigenvalue weighted by molar-refractivity contribution is 5.79. The number of nitrogens with zero attached hydrogens (tertiary/aromatic N) is 2. The number of carbonyl (C=O) groups excluding carboxylic acids is 1. The summed E-state index contributed by atoms with van der Waals surface area (Å²) in [4.78, 5) is 14.3. The molecule has 1 unspecified atom stereocenters. The lowest BCUT2D eigenvalue weighted by atomic mass is 9.99. The number of nitrogens with one attached hydrogen (secondary N) is 2. The summed E-state index contributed by atoms with van der Waals surface area (Å²) in [6.07, 6.45) is 2.62. The molecule has 118 valence electrons. The lowest BCUT2D eigenvalue weighted by molar-refractivity contribution is -0.120. The van der Waals surface area contributed by atoms with Crippen molar-refractivity contribution in [3.05, 3.63) is 17.0 Å². The summed E-state index contributed by atoms with van der Waals surface area (Å²) in [5.74, 6) is 0.434. The van der Waals surface area contributed by atoms with Crippen LogP contribution in [0.1, 0.15) is 29.8 Å². The monoisotopic (exact) mass is 294 g/mol. The number of carbonyl (C=O) groups is 1. The molecule has 1 fully saturated rings. The molecule has 0 radical (unpaired) electrons. The molecule has 1 amide bonds. The van der Waals surface area contributed by atoms with E-state index in [9.17, 15) is 9.90 Å². The van der Waals surface area contributed by atoms with Crippen molar-refractivity contribution < 1.29 is 9.90 Å². The lowest BCUT2D eigenvalue weighted by Gasteiger charge is -2.31. The van der Waals surface area contributed by atoms with Crippen molar-refractivity contribution in [2.24, 2.45) is 5.92 Å². The molecule has 1 atom stereocenters. The van der Waals surface area contributed by atoms with Gasteiger partial charge in [0.25, 0.3) is 0 Å². The molecule has 0 aromatic carbocycles. The van der Waals surface area contributed by atoms with E-state index in [1.807, 2.05) is 13.8 Å². The molecule has 0 spiro atoms. The van der Waals surface area contributed by atoms with Gasteiger partial charge in [0.15, 0.2) is 0 Å². The molecule has 2 heterocycles. The van der Waals surface area contributed by atoms with Crippen LogP contribution in [0.3, 0.4) is 0 Å². The average Bonchev–Trinajstić information content (AvgIpc) is 2.79. The predicted octanol–water partition coefficient (Wildman–Crippen LogP) is 0.390. The van der Waals surface area contributed by atoms with Crippen LogP contribution in [0.25, 0.3) is 0 Å². The van der Waals surface area contributed by atoms with Crippen molar-refractivity contribution in [2.75, 3.05) is 32.8 Å². The summed E-state index contributed by atoms with van der Waals surface area (Å²) in [6, 6.07) is 0. The van der Waals surface area contributed by atoms with Crippen LogP contribution >= 0.6 is 0 Å². The summed E-state index contributed by atoms with van der Waals surface area (Å²) in [6.45, 7) is 7.62. The van der Waals surface area contributed by atoms with Crippen molar-refractivity contribution in [3.8, 4) is 0 Å². The van der Waals surface area contributed by atoms with Gasteiger partial charge in [0, 0.05) is 37.5 Å². The molecule has 3 N–H and O–H groups in total. The highest BCUT2D eigenvalue weighted by Gasteiger charge is 2.19. The molecule has 2 rings (SSSR count). The maximum absolute atomic E-state index is 12.0. The van der Waals surface area contributed by atoms with Crippen LogP contribution < -0.4 is 5.32 Å². The van der Waals surface area contributed by atoms with E-state index in [1.54, 1.807) is 0 Å². The fraction of sp³-hybridized carbons (Fsp3) is 0.733. The number of aliphatic hydroxyl groups excluding tert-OH is 1. The van der Waals surface area contributed by atoms with E-state index in [-0.39, 0.29) is 12.5 Å². The number of piperidine rings is 1. The Morgan fingerprint density at radius 1 is 1.52 bits per heavy atom. The highest BCUT2D eigenvalue weighted by atomic mass is 16.3. The molecule has 1 aliphatic rings. The number of H-pyrrole nitrogens is 1. The van der Waals surface area contributed by atoms with Gasteiger partial charge in [-0.2, -0.15) is 5.10 Å². The van der Waals surface area contributed by atoms with Crippen molar-refractivity contribution >= 4 is 5.91 Å². The van der Waals surface area contributed by atoms with Gasteiger partial charge < -0.3 is 15.3 Å². The first kappa shape index (κ1) is 16.0. The Morgan fingerprint density at radius 3 is 3.00 bits per heavy atom. The Balaban J connectivity index is 1.70. The topological polar surface area (TPSA) is 81.2 Å². The van der Waals surface area contributed by atoms with Crippen molar-refractivity contribution in [1.82, 2.24) is 20.4 Å². The van der Waals surface area contributed by atoms with Gasteiger partial charge >= 0.3 is 0 Å². The molecule has 1 aliphatic heterocycles. The first-order valence-electron chi connectivity index (χ1n) is 7.70. The number of aryl methyl sites for hydroxylation is 2. The van der Waals surface area contributed by atoms with E-state index < -0.39 is 0 Å². The standard InChI is InChI=1S/C15H26N4O2/c1-11-14(12(2)18-17-11)8-15(21)16-5-7-19-6-3-4-13(9-19)10-20/h13,20H,3-10H2,1-2H3,(H,16,21)(H,17,18). The zero-order valence-electron chi connectivity index (χ0n) is 13.0. The van der Waals surface area contributed by atoms with E-state index in [0.717, 1.165) is 49.4 Å². The van der Waals surface area contributed by atoms with E-state index in [0.29, 0.717) is 18.9 Å². The van der Waals surface area contributed by atoms with Crippen LogP contribution in [0.4, 0.5) is 0 Å². The molecule has 0 aliphatic carbocycles. The molecular formula is C15H26N4O2. The third-order valence-corrected chi connectivity index (χ3v) is 4.23. The second kappa shape index (κ2) is 7.56. The number of aliphatic hydroxyl groups is 1. The average molecular weight is 294 g/mol.